The summed E-state index contributed by atoms with van der Waals surface area (Å²) in [4.78, 5) is 10.1. The molecular formula is C38H39N3O2. The minimum absolute atomic E-state index is 0.123. The third kappa shape index (κ3) is 3.76. The Morgan fingerprint density at radius 3 is 2.47 bits per heavy atom. The largest absolute Gasteiger partial charge is 0.472 e. The van der Waals surface area contributed by atoms with Crippen LogP contribution in [0, 0.1) is 27.7 Å². The molecule has 2 aromatic heterocycles. The quantitative estimate of drug-likeness (QED) is 0.218. The van der Waals surface area contributed by atoms with E-state index in [4.69, 9.17) is 19.5 Å². The number of benzene rings is 3. The van der Waals surface area contributed by atoms with Gasteiger partial charge in [0.25, 0.3) is 0 Å². The van der Waals surface area contributed by atoms with E-state index in [1.165, 1.54) is 45.8 Å². The van der Waals surface area contributed by atoms with Crippen molar-refractivity contribution in [2.24, 2.45) is 4.99 Å². The zero-order valence-electron chi connectivity index (χ0n) is 26.3. The van der Waals surface area contributed by atoms with Crippen molar-refractivity contribution >= 4 is 27.7 Å². The molecule has 218 valence electrons. The molecule has 5 aromatic rings. The third-order valence-electron chi connectivity index (χ3n) is 10.3. The molecule has 3 aliphatic rings. The summed E-state index contributed by atoms with van der Waals surface area (Å²) in [6, 6.07) is 17.8. The molecule has 0 radical (unpaired) electrons. The molecule has 0 amide bonds. The van der Waals surface area contributed by atoms with Gasteiger partial charge in [0, 0.05) is 39.6 Å². The molecule has 2 aliphatic heterocycles. The van der Waals surface area contributed by atoms with E-state index in [0.29, 0.717) is 0 Å². The molecule has 0 saturated heterocycles. The number of aryl methyl sites for hydroxylation is 4. The van der Waals surface area contributed by atoms with Crippen molar-refractivity contribution in [3.05, 3.63) is 93.7 Å². The Morgan fingerprint density at radius 2 is 1.65 bits per heavy atom. The minimum Gasteiger partial charge on any atom is -0.472 e. The molecule has 5 heteroatoms. The Hall–Kier alpha value is -4.12. The fourth-order valence-corrected chi connectivity index (χ4v) is 7.84. The second-order valence-corrected chi connectivity index (χ2v) is 13.8. The van der Waals surface area contributed by atoms with Gasteiger partial charge in [-0.2, -0.15) is 0 Å². The molecule has 4 heterocycles. The maximum absolute atomic E-state index is 6.80. The van der Waals surface area contributed by atoms with Crippen LogP contribution in [0.3, 0.4) is 0 Å². The number of nitrogens with zero attached hydrogens (tertiary/aromatic N) is 3. The third-order valence-corrected chi connectivity index (χ3v) is 10.3. The monoisotopic (exact) mass is 569 g/mol. The van der Waals surface area contributed by atoms with Gasteiger partial charge in [-0.05, 0) is 100 Å². The Balaban J connectivity index is 1.28. The molecule has 43 heavy (non-hydrogen) atoms. The van der Waals surface area contributed by atoms with Gasteiger partial charge < -0.3 is 9.47 Å². The van der Waals surface area contributed by atoms with E-state index >= 15 is 0 Å². The molecule has 1 saturated carbocycles. The van der Waals surface area contributed by atoms with Gasteiger partial charge in [-0.1, -0.05) is 44.0 Å². The lowest BCUT2D eigenvalue weighted by Crippen LogP contribution is -2.37. The van der Waals surface area contributed by atoms with Gasteiger partial charge in [0.05, 0.1) is 16.6 Å². The number of rotatable bonds is 3. The van der Waals surface area contributed by atoms with Gasteiger partial charge in [-0.15, -0.1) is 0 Å². The number of pyridine rings is 1. The molecule has 8 rings (SSSR count). The fourth-order valence-electron chi connectivity index (χ4n) is 7.84. The van der Waals surface area contributed by atoms with Gasteiger partial charge in [0.1, 0.15) is 23.4 Å². The molecule has 0 bridgehead atoms. The van der Waals surface area contributed by atoms with Crippen LogP contribution in [0.25, 0.3) is 27.6 Å². The van der Waals surface area contributed by atoms with Gasteiger partial charge in [-0.25, -0.2) is 9.98 Å². The van der Waals surface area contributed by atoms with Crippen LogP contribution in [0.2, 0.25) is 0 Å². The van der Waals surface area contributed by atoms with E-state index in [0.717, 1.165) is 63.8 Å². The molecule has 2 atom stereocenters. The minimum atomic E-state index is -0.151. The SMILES string of the molecule is Cc1cc2c3c(c1)c1cc(C)c(Oc4cc(C5=N[C@@]6(C)CCCC[C@@H]6O5)c(C)cc4C)cc1n3-c1ncccc1C2(C)C. The lowest BCUT2D eigenvalue weighted by Gasteiger charge is -2.34. The normalized spacial score (nSPS) is 21.8. The maximum atomic E-state index is 6.80. The van der Waals surface area contributed by atoms with Crippen molar-refractivity contribution in [2.45, 2.75) is 91.2 Å². The van der Waals surface area contributed by atoms with Crippen LogP contribution in [-0.2, 0) is 10.2 Å². The number of ether oxygens (including phenoxy) is 2. The average Bonchev–Trinajstić information content (AvgIpc) is 3.48. The van der Waals surface area contributed by atoms with E-state index in [2.05, 4.69) is 95.5 Å². The van der Waals surface area contributed by atoms with E-state index in [1.54, 1.807) is 0 Å². The maximum Gasteiger partial charge on any atom is 0.217 e. The van der Waals surface area contributed by atoms with Crippen LogP contribution in [0.5, 0.6) is 11.5 Å². The van der Waals surface area contributed by atoms with Crippen LogP contribution in [0.1, 0.15) is 85.4 Å². The molecular weight excluding hydrogens is 530 g/mol. The van der Waals surface area contributed by atoms with E-state index < -0.39 is 0 Å². The van der Waals surface area contributed by atoms with Crippen LogP contribution in [0.15, 0.2) is 59.7 Å². The Labute approximate surface area is 253 Å². The molecule has 0 N–H and O–H groups in total. The molecule has 1 fully saturated rings. The van der Waals surface area contributed by atoms with Gasteiger partial charge in [-0.3, -0.25) is 4.57 Å². The summed E-state index contributed by atoms with van der Waals surface area (Å²) in [5, 5.41) is 2.49. The number of fused-ring (bicyclic) bond motifs is 6. The number of aliphatic imine (C=N–C) groups is 1. The summed E-state index contributed by atoms with van der Waals surface area (Å²) in [6.07, 6.45) is 6.65. The zero-order chi connectivity index (χ0) is 29.8. The van der Waals surface area contributed by atoms with Crippen LogP contribution < -0.4 is 4.74 Å². The summed E-state index contributed by atoms with van der Waals surface area (Å²) < 4.78 is 15.6. The molecule has 0 spiro atoms. The smallest absolute Gasteiger partial charge is 0.217 e. The molecule has 0 unspecified atom stereocenters. The summed E-state index contributed by atoms with van der Waals surface area (Å²) in [6.45, 7) is 15.5. The average molecular weight is 570 g/mol. The first kappa shape index (κ1) is 26.5. The van der Waals surface area contributed by atoms with Gasteiger partial charge in [0.2, 0.25) is 5.90 Å². The summed E-state index contributed by atoms with van der Waals surface area (Å²) >= 11 is 0. The van der Waals surface area contributed by atoms with Crippen molar-refractivity contribution in [3.63, 3.8) is 0 Å². The first-order chi connectivity index (χ1) is 20.5. The predicted molar refractivity (Wildman–Crippen MR) is 174 cm³/mol. The summed E-state index contributed by atoms with van der Waals surface area (Å²) in [5.74, 6) is 3.44. The van der Waals surface area contributed by atoms with E-state index in [-0.39, 0.29) is 17.1 Å². The Bertz CT molecular complexity index is 2030. The highest BCUT2D eigenvalue weighted by atomic mass is 16.5. The van der Waals surface area contributed by atoms with Crippen LogP contribution in [-0.4, -0.2) is 27.1 Å². The highest BCUT2D eigenvalue weighted by Crippen LogP contribution is 2.48. The Morgan fingerprint density at radius 1 is 0.860 bits per heavy atom. The summed E-state index contributed by atoms with van der Waals surface area (Å²) in [7, 11) is 0. The first-order valence-electron chi connectivity index (χ1n) is 15.7. The zero-order valence-corrected chi connectivity index (χ0v) is 26.3. The first-order valence-corrected chi connectivity index (χ1v) is 15.7. The number of aromatic nitrogens is 2. The van der Waals surface area contributed by atoms with Crippen molar-refractivity contribution in [2.75, 3.05) is 0 Å². The lowest BCUT2D eigenvalue weighted by molar-refractivity contribution is 0.104. The number of hydrogen-bond donors (Lipinski definition) is 0. The van der Waals surface area contributed by atoms with Crippen molar-refractivity contribution < 1.29 is 9.47 Å². The predicted octanol–water partition coefficient (Wildman–Crippen LogP) is 9.32. The molecule has 5 nitrogen and oxygen atoms in total. The number of hydrogen-bond acceptors (Lipinski definition) is 4. The van der Waals surface area contributed by atoms with Gasteiger partial charge in [0.15, 0.2) is 0 Å². The lowest BCUT2D eigenvalue weighted by atomic mass is 9.75. The van der Waals surface area contributed by atoms with Crippen molar-refractivity contribution in [1.29, 1.82) is 0 Å². The molecule has 1 aliphatic carbocycles. The van der Waals surface area contributed by atoms with Crippen molar-refractivity contribution in [3.8, 4) is 17.3 Å². The second-order valence-electron chi connectivity index (χ2n) is 13.8. The standard InChI is InChI=1S/C38H39N3O2/c1-21-15-27-26-18-24(4)32(20-30(26)41-34(27)29(16-21)37(5,6)28-11-10-14-39-35(28)41)42-31-19-25(22(2)17-23(31)3)36-40-38(7)13-9-8-12-33(38)43-36/h10-11,14-20,33H,8-9,12-13H2,1-7H3/t33-,38-/m0/s1. The van der Waals surface area contributed by atoms with Crippen molar-refractivity contribution in [1.82, 2.24) is 9.55 Å². The van der Waals surface area contributed by atoms with E-state index in [1.807, 2.05) is 12.3 Å². The highest BCUT2D eigenvalue weighted by Gasteiger charge is 2.44. The fraction of sp³-hybridized carbons (Fsp3) is 0.368. The van der Waals surface area contributed by atoms with Crippen LogP contribution >= 0.6 is 0 Å². The highest BCUT2D eigenvalue weighted by molar-refractivity contribution is 6.12. The molecule has 3 aromatic carbocycles. The van der Waals surface area contributed by atoms with E-state index in [9.17, 15) is 0 Å². The summed E-state index contributed by atoms with van der Waals surface area (Å²) in [5.41, 5.74) is 10.3. The van der Waals surface area contributed by atoms with Crippen LogP contribution in [0.4, 0.5) is 0 Å². The second kappa shape index (κ2) is 8.95. The van der Waals surface area contributed by atoms with Gasteiger partial charge >= 0.3 is 0 Å². The topological polar surface area (TPSA) is 48.6 Å². The Kier molecular flexibility index (Phi) is 5.52.